The average Bonchev–Trinajstić information content (AvgIpc) is 3.30. The molecule has 5 nitrogen and oxygen atoms in total. The third-order valence-electron chi connectivity index (χ3n) is 5.04. The molecule has 0 fully saturated rings. The van der Waals surface area contributed by atoms with E-state index in [9.17, 15) is 0 Å². The highest BCUT2D eigenvalue weighted by Crippen LogP contribution is 2.27. The van der Waals surface area contributed by atoms with Crippen LogP contribution in [0.25, 0.3) is 0 Å². The van der Waals surface area contributed by atoms with Crippen molar-refractivity contribution in [2.45, 2.75) is 25.5 Å². The fraction of sp³-hybridized carbons (Fsp3) is 0.450. The van der Waals surface area contributed by atoms with E-state index in [0.29, 0.717) is 0 Å². The van der Waals surface area contributed by atoms with Crippen LogP contribution in [0.5, 0.6) is 5.75 Å². The molecule has 0 amide bonds. The number of guanidine groups is 1. The number of thiophene rings is 1. The molecule has 0 saturated heterocycles. The second-order valence-electron chi connectivity index (χ2n) is 6.83. The minimum Gasteiger partial charge on any atom is -0.488 e. The first-order valence-electron chi connectivity index (χ1n) is 9.28. The highest BCUT2D eigenvalue weighted by atomic mass is 32.1. The maximum atomic E-state index is 5.97. The predicted octanol–water partition coefficient (Wildman–Crippen LogP) is 2.27. The smallest absolute Gasteiger partial charge is 0.191 e. The van der Waals surface area contributed by atoms with Crippen LogP contribution in [0.2, 0.25) is 0 Å². The number of rotatable bonds is 5. The van der Waals surface area contributed by atoms with E-state index in [1.807, 2.05) is 30.5 Å². The van der Waals surface area contributed by atoms with Gasteiger partial charge in [-0.05, 0) is 35.1 Å². The van der Waals surface area contributed by atoms with Gasteiger partial charge in [-0.3, -0.25) is 9.89 Å². The van der Waals surface area contributed by atoms with Crippen LogP contribution in [0, 0.1) is 0 Å². The summed E-state index contributed by atoms with van der Waals surface area (Å²) >= 11 is 1.89. The number of para-hydroxylation sites is 1. The van der Waals surface area contributed by atoms with Crippen molar-refractivity contribution < 1.29 is 4.74 Å². The summed E-state index contributed by atoms with van der Waals surface area (Å²) < 4.78 is 5.97. The molecule has 2 N–H and O–H groups in total. The minimum absolute atomic E-state index is 0.171. The Kier molecular flexibility index (Phi) is 5.41. The van der Waals surface area contributed by atoms with Crippen molar-refractivity contribution in [1.82, 2.24) is 15.5 Å². The zero-order chi connectivity index (χ0) is 17.8. The van der Waals surface area contributed by atoms with Crippen LogP contribution in [-0.2, 0) is 19.4 Å². The number of nitrogens with zero attached hydrogens (tertiary/aromatic N) is 2. The van der Waals surface area contributed by atoms with Crippen LogP contribution in [0.1, 0.15) is 16.0 Å². The topological polar surface area (TPSA) is 48.9 Å². The standard InChI is InChI=1S/C20H26N4OS/c1-21-20(23-13-17-12-15-4-2-3-5-18(15)25-17)22-8-10-24-9-6-19-16(14-24)7-11-26-19/h2-5,7,11,17H,6,8-10,12-14H2,1H3,(H2,21,22,23). The van der Waals surface area contributed by atoms with Crippen molar-refractivity contribution in [3.05, 3.63) is 51.7 Å². The van der Waals surface area contributed by atoms with E-state index >= 15 is 0 Å². The van der Waals surface area contributed by atoms with Crippen LogP contribution in [0.15, 0.2) is 40.7 Å². The second-order valence-corrected chi connectivity index (χ2v) is 7.83. The van der Waals surface area contributed by atoms with E-state index in [2.05, 4.69) is 44.1 Å². The van der Waals surface area contributed by atoms with Gasteiger partial charge in [0, 0.05) is 44.5 Å². The first kappa shape index (κ1) is 17.4. The molecule has 1 atom stereocenters. The van der Waals surface area contributed by atoms with Gasteiger partial charge in [0.1, 0.15) is 11.9 Å². The number of aliphatic imine (C=N–C) groups is 1. The zero-order valence-corrected chi connectivity index (χ0v) is 16.0. The van der Waals surface area contributed by atoms with E-state index in [1.54, 1.807) is 4.88 Å². The van der Waals surface area contributed by atoms with Gasteiger partial charge < -0.3 is 15.4 Å². The lowest BCUT2D eigenvalue weighted by molar-refractivity contribution is 0.234. The van der Waals surface area contributed by atoms with Gasteiger partial charge in [-0.15, -0.1) is 11.3 Å². The molecule has 1 aromatic heterocycles. The van der Waals surface area contributed by atoms with Gasteiger partial charge in [0.15, 0.2) is 5.96 Å². The highest BCUT2D eigenvalue weighted by molar-refractivity contribution is 7.10. The van der Waals surface area contributed by atoms with Gasteiger partial charge in [0.05, 0.1) is 6.54 Å². The molecule has 2 aliphatic rings. The Bertz CT molecular complexity index is 748. The van der Waals surface area contributed by atoms with Crippen LogP contribution < -0.4 is 15.4 Å². The fourth-order valence-electron chi connectivity index (χ4n) is 3.63. The van der Waals surface area contributed by atoms with Gasteiger partial charge in [0.25, 0.3) is 0 Å². The Morgan fingerprint density at radius 3 is 3.08 bits per heavy atom. The lowest BCUT2D eigenvalue weighted by Gasteiger charge is -2.27. The normalized spacial score (nSPS) is 19.6. The molecule has 0 bridgehead atoms. The predicted molar refractivity (Wildman–Crippen MR) is 107 cm³/mol. The summed E-state index contributed by atoms with van der Waals surface area (Å²) in [4.78, 5) is 8.40. The quantitative estimate of drug-likeness (QED) is 0.626. The Hall–Kier alpha value is -2.05. The molecule has 1 aromatic carbocycles. The molecule has 6 heteroatoms. The van der Waals surface area contributed by atoms with Crippen molar-refractivity contribution in [2.75, 3.05) is 33.2 Å². The zero-order valence-electron chi connectivity index (χ0n) is 15.2. The lowest BCUT2D eigenvalue weighted by atomic mass is 10.1. The summed E-state index contributed by atoms with van der Waals surface area (Å²) in [5.41, 5.74) is 2.79. The molecule has 2 aromatic rings. The van der Waals surface area contributed by atoms with Crippen molar-refractivity contribution in [3.8, 4) is 5.75 Å². The molecule has 0 spiro atoms. The molecule has 0 aliphatic carbocycles. The number of benzene rings is 1. The molecule has 3 heterocycles. The summed E-state index contributed by atoms with van der Waals surface area (Å²) in [6.07, 6.45) is 2.31. The molecule has 4 rings (SSSR count). The van der Waals surface area contributed by atoms with Crippen LogP contribution in [0.4, 0.5) is 0 Å². The molecule has 26 heavy (non-hydrogen) atoms. The molecule has 138 valence electrons. The Balaban J connectivity index is 1.18. The lowest BCUT2D eigenvalue weighted by Crippen LogP contribution is -2.45. The highest BCUT2D eigenvalue weighted by Gasteiger charge is 2.22. The average molecular weight is 371 g/mol. The van der Waals surface area contributed by atoms with Gasteiger partial charge in [-0.1, -0.05) is 18.2 Å². The first-order valence-corrected chi connectivity index (χ1v) is 10.2. The van der Waals surface area contributed by atoms with Crippen LogP contribution in [0.3, 0.4) is 0 Å². The maximum absolute atomic E-state index is 5.97. The third kappa shape index (κ3) is 4.02. The third-order valence-corrected chi connectivity index (χ3v) is 6.06. The molecular weight excluding hydrogens is 344 g/mol. The molecular formula is C20H26N4OS. The van der Waals surface area contributed by atoms with Crippen LogP contribution >= 0.6 is 11.3 Å². The van der Waals surface area contributed by atoms with E-state index in [-0.39, 0.29) is 6.10 Å². The Morgan fingerprint density at radius 2 is 2.19 bits per heavy atom. The molecule has 1 unspecified atom stereocenters. The van der Waals surface area contributed by atoms with Gasteiger partial charge >= 0.3 is 0 Å². The summed E-state index contributed by atoms with van der Waals surface area (Å²) in [5, 5.41) is 9.03. The first-order chi connectivity index (χ1) is 12.8. The molecule has 0 radical (unpaired) electrons. The minimum atomic E-state index is 0.171. The summed E-state index contributed by atoms with van der Waals surface area (Å²) in [7, 11) is 1.82. The number of nitrogens with one attached hydrogen (secondary N) is 2. The van der Waals surface area contributed by atoms with E-state index in [4.69, 9.17) is 4.74 Å². The van der Waals surface area contributed by atoms with Crippen LogP contribution in [-0.4, -0.2) is 50.2 Å². The maximum Gasteiger partial charge on any atom is 0.191 e. The van der Waals surface area contributed by atoms with E-state index in [1.165, 1.54) is 17.5 Å². The number of hydrogen-bond donors (Lipinski definition) is 2. The summed E-state index contributed by atoms with van der Waals surface area (Å²) in [5.74, 6) is 1.86. The molecule has 0 saturated carbocycles. The Labute approximate surface area is 159 Å². The van der Waals surface area contributed by atoms with Crippen molar-refractivity contribution in [3.63, 3.8) is 0 Å². The summed E-state index contributed by atoms with van der Waals surface area (Å²) in [6, 6.07) is 10.5. The van der Waals surface area contributed by atoms with Gasteiger partial charge in [0.2, 0.25) is 0 Å². The largest absolute Gasteiger partial charge is 0.488 e. The fourth-order valence-corrected chi connectivity index (χ4v) is 4.52. The monoisotopic (exact) mass is 370 g/mol. The van der Waals surface area contributed by atoms with E-state index < -0.39 is 0 Å². The summed E-state index contributed by atoms with van der Waals surface area (Å²) in [6.45, 7) is 4.90. The van der Waals surface area contributed by atoms with Crippen molar-refractivity contribution in [1.29, 1.82) is 0 Å². The number of hydrogen-bond acceptors (Lipinski definition) is 4. The van der Waals surface area contributed by atoms with E-state index in [0.717, 1.165) is 50.9 Å². The van der Waals surface area contributed by atoms with Crippen molar-refractivity contribution in [2.24, 2.45) is 4.99 Å². The second kappa shape index (κ2) is 8.10. The number of ether oxygens (including phenoxy) is 1. The number of fused-ring (bicyclic) bond motifs is 2. The Morgan fingerprint density at radius 1 is 1.27 bits per heavy atom. The molecule has 2 aliphatic heterocycles. The van der Waals surface area contributed by atoms with Crippen molar-refractivity contribution >= 4 is 17.3 Å². The SMILES string of the molecule is CN=C(NCCN1CCc2sccc2C1)NCC1Cc2ccccc2O1. The van der Waals surface area contributed by atoms with Gasteiger partial charge in [-0.25, -0.2) is 0 Å². The van der Waals surface area contributed by atoms with Gasteiger partial charge in [-0.2, -0.15) is 0 Å².